The third-order valence-corrected chi connectivity index (χ3v) is 1.59. The van der Waals surface area contributed by atoms with Crippen LogP contribution >= 0.6 is 0 Å². The van der Waals surface area contributed by atoms with E-state index in [2.05, 4.69) is 10.6 Å². The molecule has 0 aromatic heterocycles. The van der Waals surface area contributed by atoms with Gasteiger partial charge in [0.1, 0.15) is 0 Å². The molecule has 2 amide bonds. The molecular formula is C7H14N2O. The second kappa shape index (κ2) is 3.44. The van der Waals surface area contributed by atoms with Crippen LogP contribution in [0.1, 0.15) is 19.8 Å². The summed E-state index contributed by atoms with van der Waals surface area (Å²) in [6, 6.07) is -0.0330. The highest BCUT2D eigenvalue weighted by atomic mass is 16.2. The van der Waals surface area contributed by atoms with Crippen molar-refractivity contribution in [2.45, 2.75) is 19.8 Å². The molecule has 0 atom stereocenters. The van der Waals surface area contributed by atoms with Gasteiger partial charge in [-0.25, -0.2) is 4.79 Å². The highest BCUT2D eigenvalue weighted by Gasteiger charge is 2.21. The van der Waals surface area contributed by atoms with Gasteiger partial charge in [0, 0.05) is 13.1 Å². The van der Waals surface area contributed by atoms with E-state index in [1.54, 1.807) is 0 Å². The van der Waals surface area contributed by atoms with Gasteiger partial charge in [-0.3, -0.25) is 0 Å². The van der Waals surface area contributed by atoms with Crippen LogP contribution in [0.15, 0.2) is 0 Å². The molecule has 0 radical (unpaired) electrons. The molecule has 1 aliphatic carbocycles. The van der Waals surface area contributed by atoms with Crippen LogP contribution in [0.2, 0.25) is 0 Å². The minimum atomic E-state index is -0.0330. The van der Waals surface area contributed by atoms with Crippen LogP contribution in [0, 0.1) is 5.92 Å². The molecular weight excluding hydrogens is 128 g/mol. The summed E-state index contributed by atoms with van der Waals surface area (Å²) in [7, 11) is 0. The molecule has 10 heavy (non-hydrogen) atoms. The molecule has 1 saturated carbocycles. The van der Waals surface area contributed by atoms with E-state index in [4.69, 9.17) is 0 Å². The van der Waals surface area contributed by atoms with Crippen molar-refractivity contribution in [2.24, 2.45) is 5.92 Å². The SMILES string of the molecule is CCNC(=O)NCC1CC1. The number of carbonyl (C=O) groups excluding carboxylic acids is 1. The molecule has 0 saturated heterocycles. The monoisotopic (exact) mass is 142 g/mol. The Labute approximate surface area is 61.2 Å². The van der Waals surface area contributed by atoms with Gasteiger partial charge in [-0.1, -0.05) is 0 Å². The Hall–Kier alpha value is -0.730. The first kappa shape index (κ1) is 7.38. The van der Waals surface area contributed by atoms with Gasteiger partial charge in [0.15, 0.2) is 0 Å². The Bertz CT molecular complexity index is 121. The fourth-order valence-electron chi connectivity index (χ4n) is 0.782. The van der Waals surface area contributed by atoms with Crippen molar-refractivity contribution in [2.75, 3.05) is 13.1 Å². The number of amides is 2. The maximum atomic E-state index is 10.8. The van der Waals surface area contributed by atoms with E-state index < -0.39 is 0 Å². The fourth-order valence-corrected chi connectivity index (χ4v) is 0.782. The quantitative estimate of drug-likeness (QED) is 0.599. The molecule has 0 aromatic carbocycles. The van der Waals surface area contributed by atoms with E-state index in [0.29, 0.717) is 6.54 Å². The van der Waals surface area contributed by atoms with Gasteiger partial charge in [0.25, 0.3) is 0 Å². The molecule has 1 rings (SSSR count). The van der Waals surface area contributed by atoms with Crippen molar-refractivity contribution in [1.29, 1.82) is 0 Å². The van der Waals surface area contributed by atoms with Crippen LogP contribution in [-0.4, -0.2) is 19.1 Å². The fraction of sp³-hybridized carbons (Fsp3) is 0.857. The summed E-state index contributed by atoms with van der Waals surface area (Å²) < 4.78 is 0. The summed E-state index contributed by atoms with van der Waals surface area (Å²) in [6.07, 6.45) is 2.57. The van der Waals surface area contributed by atoms with E-state index in [0.717, 1.165) is 12.5 Å². The molecule has 0 bridgehead atoms. The lowest BCUT2D eigenvalue weighted by Gasteiger charge is -2.02. The number of hydrogen-bond donors (Lipinski definition) is 2. The maximum absolute atomic E-state index is 10.8. The zero-order valence-electron chi connectivity index (χ0n) is 6.31. The molecule has 0 spiro atoms. The molecule has 58 valence electrons. The van der Waals surface area contributed by atoms with Gasteiger partial charge in [-0.2, -0.15) is 0 Å². The molecule has 2 N–H and O–H groups in total. The largest absolute Gasteiger partial charge is 0.338 e. The number of rotatable bonds is 3. The summed E-state index contributed by atoms with van der Waals surface area (Å²) >= 11 is 0. The molecule has 0 unspecified atom stereocenters. The molecule has 3 heteroatoms. The van der Waals surface area contributed by atoms with Gasteiger partial charge in [0.05, 0.1) is 0 Å². The van der Waals surface area contributed by atoms with Crippen LogP contribution in [0.25, 0.3) is 0 Å². The molecule has 1 aliphatic rings. The van der Waals surface area contributed by atoms with E-state index in [1.165, 1.54) is 12.8 Å². The summed E-state index contributed by atoms with van der Waals surface area (Å²) in [5.74, 6) is 0.766. The number of nitrogens with one attached hydrogen (secondary N) is 2. The van der Waals surface area contributed by atoms with Crippen molar-refractivity contribution >= 4 is 6.03 Å². The van der Waals surface area contributed by atoms with Gasteiger partial charge in [-0.15, -0.1) is 0 Å². The van der Waals surface area contributed by atoms with Crippen molar-refractivity contribution < 1.29 is 4.79 Å². The second-order valence-corrected chi connectivity index (χ2v) is 2.68. The van der Waals surface area contributed by atoms with Crippen molar-refractivity contribution in [1.82, 2.24) is 10.6 Å². The van der Waals surface area contributed by atoms with Gasteiger partial charge in [-0.05, 0) is 25.7 Å². The second-order valence-electron chi connectivity index (χ2n) is 2.68. The topological polar surface area (TPSA) is 41.1 Å². The zero-order chi connectivity index (χ0) is 7.40. The summed E-state index contributed by atoms with van der Waals surface area (Å²) in [4.78, 5) is 10.8. The Morgan fingerprint density at radius 1 is 1.50 bits per heavy atom. The summed E-state index contributed by atoms with van der Waals surface area (Å²) in [5, 5.41) is 5.47. The van der Waals surface area contributed by atoms with Crippen molar-refractivity contribution in [3.8, 4) is 0 Å². The van der Waals surface area contributed by atoms with Crippen molar-refractivity contribution in [3.63, 3.8) is 0 Å². The molecule has 0 aromatic rings. The Kier molecular flexibility index (Phi) is 2.54. The van der Waals surface area contributed by atoms with Crippen molar-refractivity contribution in [3.05, 3.63) is 0 Å². The van der Waals surface area contributed by atoms with Crippen LogP contribution in [-0.2, 0) is 0 Å². The number of carbonyl (C=O) groups is 1. The van der Waals surface area contributed by atoms with Crippen LogP contribution in [0.4, 0.5) is 4.79 Å². The Morgan fingerprint density at radius 3 is 2.70 bits per heavy atom. The van der Waals surface area contributed by atoms with E-state index in [1.807, 2.05) is 6.92 Å². The molecule has 3 nitrogen and oxygen atoms in total. The predicted octanol–water partition coefficient (Wildman–Crippen LogP) is 0.716. The summed E-state index contributed by atoms with van der Waals surface area (Å²) in [5.41, 5.74) is 0. The lowest BCUT2D eigenvalue weighted by atomic mass is 10.4. The minimum absolute atomic E-state index is 0.0330. The van der Waals surface area contributed by atoms with Gasteiger partial charge in [0.2, 0.25) is 0 Å². The standard InChI is InChI=1S/C7H14N2O/c1-2-8-7(10)9-5-6-3-4-6/h6H,2-5H2,1H3,(H2,8,9,10). The lowest BCUT2D eigenvalue weighted by molar-refractivity contribution is 0.241. The highest BCUT2D eigenvalue weighted by molar-refractivity contribution is 5.73. The van der Waals surface area contributed by atoms with E-state index >= 15 is 0 Å². The summed E-state index contributed by atoms with van der Waals surface area (Å²) in [6.45, 7) is 3.47. The third kappa shape index (κ3) is 2.71. The van der Waals surface area contributed by atoms with Crippen LogP contribution in [0.5, 0.6) is 0 Å². The van der Waals surface area contributed by atoms with Crippen LogP contribution in [0.3, 0.4) is 0 Å². The Morgan fingerprint density at radius 2 is 2.20 bits per heavy atom. The molecule has 0 heterocycles. The number of hydrogen-bond acceptors (Lipinski definition) is 1. The normalized spacial score (nSPS) is 16.5. The predicted molar refractivity (Wildman–Crippen MR) is 39.8 cm³/mol. The Balaban J connectivity index is 1.94. The average Bonchev–Trinajstić information content (AvgIpc) is 2.67. The third-order valence-electron chi connectivity index (χ3n) is 1.59. The molecule has 1 fully saturated rings. The van der Waals surface area contributed by atoms with Crippen LogP contribution < -0.4 is 10.6 Å². The minimum Gasteiger partial charge on any atom is -0.338 e. The number of urea groups is 1. The lowest BCUT2D eigenvalue weighted by Crippen LogP contribution is -2.36. The van der Waals surface area contributed by atoms with E-state index in [-0.39, 0.29) is 6.03 Å². The average molecular weight is 142 g/mol. The zero-order valence-corrected chi connectivity index (χ0v) is 6.31. The van der Waals surface area contributed by atoms with Gasteiger partial charge < -0.3 is 10.6 Å². The first-order chi connectivity index (χ1) is 4.83. The molecule has 0 aliphatic heterocycles. The first-order valence-corrected chi connectivity index (χ1v) is 3.84. The van der Waals surface area contributed by atoms with Gasteiger partial charge >= 0.3 is 6.03 Å². The smallest absolute Gasteiger partial charge is 0.314 e. The maximum Gasteiger partial charge on any atom is 0.314 e. The highest BCUT2D eigenvalue weighted by Crippen LogP contribution is 2.27. The first-order valence-electron chi connectivity index (χ1n) is 3.84. The van der Waals surface area contributed by atoms with E-state index in [9.17, 15) is 4.79 Å².